The fourth-order valence-corrected chi connectivity index (χ4v) is 4.71. The molecular formula is C25H24BrNO6. The molecule has 7 nitrogen and oxygen atoms in total. The smallest absolute Gasteiger partial charge is 0.340 e. The lowest BCUT2D eigenvalue weighted by atomic mass is 9.77. The third-order valence-corrected chi connectivity index (χ3v) is 6.41. The van der Waals surface area contributed by atoms with Crippen LogP contribution in [-0.4, -0.2) is 26.0 Å². The Morgan fingerprint density at radius 1 is 1.15 bits per heavy atom. The number of ketones is 1. The van der Waals surface area contributed by atoms with E-state index in [1.807, 2.05) is 30.3 Å². The van der Waals surface area contributed by atoms with Crippen LogP contribution in [0.4, 0.5) is 0 Å². The number of methoxy groups -OCH3 is 2. The quantitative estimate of drug-likeness (QED) is 0.567. The number of nitrogens with two attached hydrogens (primary N) is 1. The van der Waals surface area contributed by atoms with E-state index in [2.05, 4.69) is 15.9 Å². The van der Waals surface area contributed by atoms with Crippen molar-refractivity contribution in [1.82, 2.24) is 0 Å². The van der Waals surface area contributed by atoms with Gasteiger partial charge in [-0.3, -0.25) is 4.79 Å². The third kappa shape index (κ3) is 4.48. The van der Waals surface area contributed by atoms with Crippen molar-refractivity contribution in [2.45, 2.75) is 31.8 Å². The van der Waals surface area contributed by atoms with Crippen LogP contribution in [0.15, 0.2) is 69.7 Å². The zero-order chi connectivity index (χ0) is 23.5. The van der Waals surface area contributed by atoms with Crippen LogP contribution in [0.5, 0.6) is 11.5 Å². The van der Waals surface area contributed by atoms with Gasteiger partial charge >= 0.3 is 5.97 Å². The van der Waals surface area contributed by atoms with Gasteiger partial charge < -0.3 is 24.7 Å². The number of rotatable bonds is 6. The van der Waals surface area contributed by atoms with Gasteiger partial charge in [0.15, 0.2) is 17.3 Å². The van der Waals surface area contributed by atoms with Gasteiger partial charge in [-0.25, -0.2) is 4.79 Å². The van der Waals surface area contributed by atoms with Crippen molar-refractivity contribution < 1.29 is 28.5 Å². The van der Waals surface area contributed by atoms with Gasteiger partial charge in [0.05, 0.1) is 20.1 Å². The molecule has 0 saturated heterocycles. The first-order valence-corrected chi connectivity index (χ1v) is 11.3. The van der Waals surface area contributed by atoms with Crippen molar-refractivity contribution in [2.24, 2.45) is 5.73 Å². The lowest BCUT2D eigenvalue weighted by Crippen LogP contribution is -2.31. The number of hydrogen-bond donors (Lipinski definition) is 1. The van der Waals surface area contributed by atoms with Crippen molar-refractivity contribution in [2.75, 3.05) is 14.2 Å². The first-order chi connectivity index (χ1) is 15.9. The van der Waals surface area contributed by atoms with Crippen LogP contribution in [-0.2, 0) is 25.7 Å². The Bertz CT molecular complexity index is 1150. The molecule has 2 N–H and O–H groups in total. The third-order valence-electron chi connectivity index (χ3n) is 5.72. The predicted molar refractivity (Wildman–Crippen MR) is 124 cm³/mol. The van der Waals surface area contributed by atoms with Gasteiger partial charge in [-0.2, -0.15) is 0 Å². The number of carbonyl (C=O) groups excluding carboxylic acids is 2. The van der Waals surface area contributed by atoms with Crippen LogP contribution in [0.1, 0.15) is 36.3 Å². The van der Waals surface area contributed by atoms with E-state index < -0.39 is 11.9 Å². The predicted octanol–water partition coefficient (Wildman–Crippen LogP) is 4.50. The molecule has 0 amide bonds. The van der Waals surface area contributed by atoms with Crippen molar-refractivity contribution in [3.05, 3.63) is 80.9 Å². The molecule has 0 radical (unpaired) electrons. The highest BCUT2D eigenvalue weighted by Crippen LogP contribution is 2.48. The van der Waals surface area contributed by atoms with E-state index in [0.29, 0.717) is 58.7 Å². The second kappa shape index (κ2) is 9.70. The maximum absolute atomic E-state index is 12.9. The standard InChI is InChI=1S/C25H24BrNO6/c1-30-19-11-15(16(26)12-20(19)32-13-14-7-4-3-5-8-14)21-22-17(28)9-6-10-18(22)33-24(27)23(21)25(29)31-2/h3-5,7-8,11-12,21H,6,9-10,13,27H2,1-2H3/t21-/m0/s1. The van der Waals surface area contributed by atoms with Crippen LogP contribution in [0.2, 0.25) is 0 Å². The summed E-state index contributed by atoms with van der Waals surface area (Å²) >= 11 is 3.60. The fourth-order valence-electron chi connectivity index (χ4n) is 4.16. The van der Waals surface area contributed by atoms with Crippen LogP contribution in [0.3, 0.4) is 0 Å². The zero-order valence-corrected chi connectivity index (χ0v) is 19.9. The van der Waals surface area contributed by atoms with Gasteiger partial charge in [0.2, 0.25) is 5.88 Å². The molecule has 0 spiro atoms. The maximum atomic E-state index is 12.9. The number of Topliss-reactive ketones (excluding diaryl/α,β-unsaturated/α-hetero) is 1. The Labute approximate surface area is 200 Å². The highest BCUT2D eigenvalue weighted by Gasteiger charge is 2.42. The Balaban J connectivity index is 1.79. The minimum Gasteiger partial charge on any atom is -0.493 e. The topological polar surface area (TPSA) is 97.1 Å². The highest BCUT2D eigenvalue weighted by atomic mass is 79.9. The lowest BCUT2D eigenvalue weighted by Gasteiger charge is -2.33. The van der Waals surface area contributed by atoms with E-state index in [9.17, 15) is 9.59 Å². The maximum Gasteiger partial charge on any atom is 0.340 e. The van der Waals surface area contributed by atoms with E-state index in [-0.39, 0.29) is 17.2 Å². The van der Waals surface area contributed by atoms with Crippen LogP contribution in [0.25, 0.3) is 0 Å². The summed E-state index contributed by atoms with van der Waals surface area (Å²) in [6.45, 7) is 0.355. The molecule has 0 fully saturated rings. The van der Waals surface area contributed by atoms with Gasteiger partial charge in [0.25, 0.3) is 0 Å². The number of hydrogen-bond acceptors (Lipinski definition) is 7. The number of halogens is 1. The van der Waals surface area contributed by atoms with Crippen LogP contribution < -0.4 is 15.2 Å². The van der Waals surface area contributed by atoms with Gasteiger partial charge in [0.1, 0.15) is 17.9 Å². The van der Waals surface area contributed by atoms with Crippen molar-refractivity contribution in [1.29, 1.82) is 0 Å². The largest absolute Gasteiger partial charge is 0.493 e. The molecule has 1 aliphatic heterocycles. The first kappa shape index (κ1) is 22.9. The summed E-state index contributed by atoms with van der Waals surface area (Å²) in [4.78, 5) is 25.6. The molecule has 1 aliphatic carbocycles. The lowest BCUT2D eigenvalue weighted by molar-refractivity contribution is -0.136. The average molecular weight is 514 g/mol. The van der Waals surface area contributed by atoms with Crippen molar-refractivity contribution in [3.63, 3.8) is 0 Å². The van der Waals surface area contributed by atoms with Gasteiger partial charge in [0, 0.05) is 22.9 Å². The molecule has 0 unspecified atom stereocenters. The van der Waals surface area contributed by atoms with Crippen LogP contribution >= 0.6 is 15.9 Å². The van der Waals surface area contributed by atoms with Gasteiger partial charge in [-0.05, 0) is 29.7 Å². The molecule has 4 rings (SSSR count). The molecule has 33 heavy (non-hydrogen) atoms. The Morgan fingerprint density at radius 3 is 2.61 bits per heavy atom. The summed E-state index contributed by atoms with van der Waals surface area (Å²) in [5.41, 5.74) is 8.30. The minimum absolute atomic E-state index is 0.0597. The summed E-state index contributed by atoms with van der Waals surface area (Å²) < 4.78 is 22.9. The molecule has 8 heteroatoms. The minimum atomic E-state index is -0.750. The van der Waals surface area contributed by atoms with Gasteiger partial charge in [-0.1, -0.05) is 46.3 Å². The molecule has 2 aliphatic rings. The molecule has 1 atom stereocenters. The van der Waals surface area contributed by atoms with Crippen molar-refractivity contribution >= 4 is 27.7 Å². The molecule has 0 aromatic heterocycles. The summed E-state index contributed by atoms with van der Waals surface area (Å²) in [5, 5.41) is 0. The normalized spacial score (nSPS) is 17.9. The molecule has 172 valence electrons. The fraction of sp³-hybridized carbons (Fsp3) is 0.280. The number of carbonyl (C=O) groups is 2. The second-order valence-corrected chi connectivity index (χ2v) is 8.57. The first-order valence-electron chi connectivity index (χ1n) is 10.5. The highest BCUT2D eigenvalue weighted by molar-refractivity contribution is 9.10. The van der Waals surface area contributed by atoms with E-state index >= 15 is 0 Å². The SMILES string of the molecule is COC(=O)C1=C(N)OC2=C(C(=O)CCC2)[C@@H]1c1cc(OC)c(OCc2ccccc2)cc1Br. The number of ether oxygens (including phenoxy) is 4. The molecule has 2 aromatic rings. The number of esters is 1. The van der Waals surface area contributed by atoms with Crippen molar-refractivity contribution in [3.8, 4) is 11.5 Å². The van der Waals surface area contributed by atoms with E-state index in [1.54, 1.807) is 12.1 Å². The van der Waals surface area contributed by atoms with E-state index in [1.165, 1.54) is 14.2 Å². The second-order valence-electron chi connectivity index (χ2n) is 7.72. The molecule has 0 saturated carbocycles. The monoisotopic (exact) mass is 513 g/mol. The number of allylic oxidation sites excluding steroid dienone is 2. The molecule has 2 aromatic carbocycles. The molecule has 0 bridgehead atoms. The number of benzene rings is 2. The van der Waals surface area contributed by atoms with Crippen LogP contribution in [0, 0.1) is 0 Å². The Kier molecular flexibility index (Phi) is 6.74. The molecule has 1 heterocycles. The summed E-state index contributed by atoms with van der Waals surface area (Å²) in [7, 11) is 2.80. The Hall–Kier alpha value is -3.26. The Morgan fingerprint density at radius 2 is 1.91 bits per heavy atom. The van der Waals surface area contributed by atoms with E-state index in [0.717, 1.165) is 5.56 Å². The summed E-state index contributed by atoms with van der Waals surface area (Å²) in [5.74, 6) is -0.0654. The van der Waals surface area contributed by atoms with Gasteiger partial charge in [-0.15, -0.1) is 0 Å². The molecular weight excluding hydrogens is 490 g/mol. The summed E-state index contributed by atoms with van der Waals surface area (Å²) in [6.07, 6.45) is 1.61. The zero-order valence-electron chi connectivity index (χ0n) is 18.4. The van der Waals surface area contributed by atoms with E-state index in [4.69, 9.17) is 24.7 Å². The average Bonchev–Trinajstić information content (AvgIpc) is 2.82. The summed E-state index contributed by atoms with van der Waals surface area (Å²) in [6, 6.07) is 13.3.